The molecule has 6 N–H and O–H groups in total. The van der Waals surface area contributed by atoms with E-state index in [1.807, 2.05) is 0 Å². The Labute approximate surface area is 320 Å². The minimum atomic E-state index is -4.38. The number of aliphatic hydroxyl groups is 2. The van der Waals surface area contributed by atoms with Crippen molar-refractivity contribution in [1.29, 1.82) is 0 Å². The van der Waals surface area contributed by atoms with Crippen molar-refractivity contribution in [2.24, 2.45) is 5.73 Å². The number of phosphoric acid groups is 1. The van der Waals surface area contributed by atoms with E-state index in [-0.39, 0.29) is 26.2 Å². The van der Waals surface area contributed by atoms with E-state index in [4.69, 9.17) is 14.8 Å². The van der Waals surface area contributed by atoms with Crippen molar-refractivity contribution in [2.45, 2.75) is 218 Å². The first-order valence-electron chi connectivity index (χ1n) is 21.5. The lowest BCUT2D eigenvalue weighted by Gasteiger charge is -2.25. The number of nitrogens with one attached hydrogen (secondary N) is 1. The molecule has 9 nitrogen and oxygen atoms in total. The second-order valence-electron chi connectivity index (χ2n) is 14.8. The number of nitrogens with two attached hydrogens (primary N) is 1. The van der Waals surface area contributed by atoms with Crippen molar-refractivity contribution in [3.05, 3.63) is 24.3 Å². The van der Waals surface area contributed by atoms with Gasteiger partial charge in [0.25, 0.3) is 0 Å². The van der Waals surface area contributed by atoms with E-state index in [2.05, 4.69) is 43.5 Å². The third-order valence-corrected chi connectivity index (χ3v) is 10.6. The van der Waals surface area contributed by atoms with Crippen LogP contribution in [0.15, 0.2) is 24.3 Å². The Morgan fingerprint density at radius 1 is 0.654 bits per heavy atom. The maximum atomic E-state index is 12.8. The first-order chi connectivity index (χ1) is 25.3. The SMILES string of the molecule is CCCCC/C=C\C=C/CCCCCCC(O)CC(=O)NC(COP(=O)(O)OCCN)C(O)CCCCCCCCCCCCCCCCCCC. The zero-order valence-corrected chi connectivity index (χ0v) is 34.6. The van der Waals surface area contributed by atoms with E-state index in [1.165, 1.54) is 109 Å². The van der Waals surface area contributed by atoms with Crippen LogP contribution in [0.4, 0.5) is 0 Å². The van der Waals surface area contributed by atoms with Crippen LogP contribution in [0.1, 0.15) is 200 Å². The summed E-state index contributed by atoms with van der Waals surface area (Å²) >= 11 is 0. The van der Waals surface area contributed by atoms with E-state index in [9.17, 15) is 24.5 Å². The van der Waals surface area contributed by atoms with Crippen LogP contribution in [-0.2, 0) is 18.4 Å². The third-order valence-electron chi connectivity index (χ3n) is 9.64. The topological polar surface area (TPSA) is 151 Å². The molecule has 4 atom stereocenters. The fourth-order valence-electron chi connectivity index (χ4n) is 6.35. The van der Waals surface area contributed by atoms with Crippen LogP contribution < -0.4 is 11.1 Å². The number of unbranched alkanes of at least 4 members (excludes halogenated alkanes) is 23. The Hall–Kier alpha value is -1.06. The molecule has 0 aliphatic heterocycles. The number of phosphoric ester groups is 1. The van der Waals surface area contributed by atoms with E-state index >= 15 is 0 Å². The van der Waals surface area contributed by atoms with E-state index in [1.54, 1.807) is 0 Å². The van der Waals surface area contributed by atoms with Gasteiger partial charge in [-0.05, 0) is 38.5 Å². The highest BCUT2D eigenvalue weighted by Crippen LogP contribution is 2.43. The van der Waals surface area contributed by atoms with Gasteiger partial charge in [0.2, 0.25) is 5.91 Å². The van der Waals surface area contributed by atoms with Gasteiger partial charge in [-0.2, -0.15) is 0 Å². The second kappa shape index (κ2) is 38.2. The molecule has 0 bridgehead atoms. The lowest BCUT2D eigenvalue weighted by Crippen LogP contribution is -2.47. The number of carbonyl (C=O) groups is 1. The molecule has 10 heteroatoms. The van der Waals surface area contributed by atoms with Gasteiger partial charge in [0, 0.05) is 6.54 Å². The van der Waals surface area contributed by atoms with Gasteiger partial charge in [-0.25, -0.2) is 4.57 Å². The van der Waals surface area contributed by atoms with Crippen molar-refractivity contribution in [1.82, 2.24) is 5.32 Å². The van der Waals surface area contributed by atoms with Crippen LogP contribution in [-0.4, -0.2) is 59.0 Å². The summed E-state index contributed by atoms with van der Waals surface area (Å²) in [7, 11) is -4.38. The molecule has 0 saturated heterocycles. The van der Waals surface area contributed by atoms with Gasteiger partial charge in [0.15, 0.2) is 0 Å². The minimum Gasteiger partial charge on any atom is -0.393 e. The quantitative estimate of drug-likeness (QED) is 0.0235. The molecule has 0 radical (unpaired) electrons. The van der Waals surface area contributed by atoms with Crippen molar-refractivity contribution in [3.8, 4) is 0 Å². The smallest absolute Gasteiger partial charge is 0.393 e. The predicted molar refractivity (Wildman–Crippen MR) is 218 cm³/mol. The molecule has 0 aliphatic carbocycles. The monoisotopic (exact) mass is 759 g/mol. The zero-order valence-electron chi connectivity index (χ0n) is 33.7. The zero-order chi connectivity index (χ0) is 38.4. The van der Waals surface area contributed by atoms with Crippen molar-refractivity contribution < 1.29 is 33.5 Å². The summed E-state index contributed by atoms with van der Waals surface area (Å²) in [6.45, 7) is 4.01. The Balaban J connectivity index is 4.30. The van der Waals surface area contributed by atoms with Gasteiger partial charge in [0.05, 0.1) is 37.9 Å². The largest absolute Gasteiger partial charge is 0.472 e. The summed E-state index contributed by atoms with van der Waals surface area (Å²) in [5, 5.41) is 24.1. The summed E-state index contributed by atoms with van der Waals surface area (Å²) in [5.41, 5.74) is 5.36. The number of carbonyl (C=O) groups excluding carboxylic acids is 1. The number of hydrogen-bond donors (Lipinski definition) is 5. The minimum absolute atomic E-state index is 0.0573. The molecule has 52 heavy (non-hydrogen) atoms. The first kappa shape index (κ1) is 50.9. The van der Waals surface area contributed by atoms with Crippen LogP contribution in [0, 0.1) is 0 Å². The second-order valence-corrected chi connectivity index (χ2v) is 16.2. The highest BCUT2D eigenvalue weighted by Gasteiger charge is 2.28. The molecule has 0 spiro atoms. The molecule has 0 aromatic heterocycles. The Morgan fingerprint density at radius 2 is 1.08 bits per heavy atom. The van der Waals surface area contributed by atoms with E-state index in [0.29, 0.717) is 12.8 Å². The van der Waals surface area contributed by atoms with Gasteiger partial charge < -0.3 is 26.2 Å². The third kappa shape index (κ3) is 35.9. The van der Waals surface area contributed by atoms with Gasteiger partial charge in [-0.3, -0.25) is 13.8 Å². The molecule has 0 aliphatic rings. The highest BCUT2D eigenvalue weighted by molar-refractivity contribution is 7.47. The number of hydrogen-bond acceptors (Lipinski definition) is 7. The average Bonchev–Trinajstić information content (AvgIpc) is 3.12. The lowest BCUT2D eigenvalue weighted by molar-refractivity contribution is -0.125. The van der Waals surface area contributed by atoms with Gasteiger partial charge >= 0.3 is 7.82 Å². The Bertz CT molecular complexity index is 888. The fourth-order valence-corrected chi connectivity index (χ4v) is 7.11. The molecule has 0 heterocycles. The molecular formula is C42H83N2O7P. The van der Waals surface area contributed by atoms with Gasteiger partial charge in [0.1, 0.15) is 0 Å². The van der Waals surface area contributed by atoms with Crippen LogP contribution >= 0.6 is 7.82 Å². The van der Waals surface area contributed by atoms with Crippen molar-refractivity contribution in [2.75, 3.05) is 19.8 Å². The maximum absolute atomic E-state index is 12.8. The van der Waals surface area contributed by atoms with Crippen molar-refractivity contribution >= 4 is 13.7 Å². The number of rotatable bonds is 40. The standard InChI is InChI=1S/C42H83N2O7P/c1-3-5-7-9-11-13-15-17-18-19-20-22-24-26-28-30-32-34-41(46)40(38-51-52(48,49)50-36-35-43)44-42(47)37-39(45)33-31-29-27-25-23-21-16-14-12-10-8-6-4-2/h12,14,16,21,39-41,45-46H,3-11,13,15,17-20,22-38,43H2,1-2H3,(H,44,47)(H,48,49)/b14-12-,21-16-. The number of amides is 1. The number of allylic oxidation sites excluding steroid dienone is 4. The first-order valence-corrected chi connectivity index (χ1v) is 23.0. The summed E-state index contributed by atoms with van der Waals surface area (Å²) in [6, 6.07) is -0.901. The molecule has 4 unspecified atom stereocenters. The highest BCUT2D eigenvalue weighted by atomic mass is 31.2. The van der Waals surface area contributed by atoms with E-state index in [0.717, 1.165) is 57.8 Å². The molecule has 0 aromatic carbocycles. The molecule has 0 saturated carbocycles. The summed E-state index contributed by atoms with van der Waals surface area (Å²) in [5.74, 6) is -0.425. The number of aliphatic hydroxyl groups excluding tert-OH is 2. The Kier molecular flexibility index (Phi) is 37.4. The lowest BCUT2D eigenvalue weighted by atomic mass is 10.0. The van der Waals surface area contributed by atoms with Crippen LogP contribution in [0.5, 0.6) is 0 Å². The molecule has 0 rings (SSSR count). The summed E-state index contributed by atoms with van der Waals surface area (Å²) in [4.78, 5) is 22.8. The molecule has 308 valence electrons. The average molecular weight is 759 g/mol. The van der Waals surface area contributed by atoms with Gasteiger partial charge in [-0.1, -0.05) is 179 Å². The summed E-state index contributed by atoms with van der Waals surface area (Å²) < 4.78 is 22.1. The van der Waals surface area contributed by atoms with Crippen LogP contribution in [0.25, 0.3) is 0 Å². The fraction of sp³-hybridized carbons (Fsp3) is 0.881. The van der Waals surface area contributed by atoms with Crippen LogP contribution in [0.3, 0.4) is 0 Å². The van der Waals surface area contributed by atoms with E-state index < -0.39 is 32.0 Å². The Morgan fingerprint density at radius 3 is 1.58 bits per heavy atom. The normalized spacial score (nSPS) is 15.0. The molecule has 1 amide bonds. The molecule has 0 aromatic rings. The van der Waals surface area contributed by atoms with Crippen molar-refractivity contribution in [3.63, 3.8) is 0 Å². The maximum Gasteiger partial charge on any atom is 0.472 e. The predicted octanol–water partition coefficient (Wildman–Crippen LogP) is 10.8. The van der Waals surface area contributed by atoms with Gasteiger partial charge in [-0.15, -0.1) is 0 Å². The molecular weight excluding hydrogens is 675 g/mol. The van der Waals surface area contributed by atoms with Crippen LogP contribution in [0.2, 0.25) is 0 Å². The molecule has 0 fully saturated rings. The summed E-state index contributed by atoms with van der Waals surface area (Å²) in [6.07, 6.45) is 39.3.